The second-order valence-corrected chi connectivity index (χ2v) is 5.47. The minimum absolute atomic E-state index is 0.112. The van der Waals surface area contributed by atoms with Gasteiger partial charge in [-0.1, -0.05) is 30.2 Å². The van der Waals surface area contributed by atoms with Gasteiger partial charge in [-0.05, 0) is 38.5 Å². The van der Waals surface area contributed by atoms with Gasteiger partial charge in [0.25, 0.3) is 0 Å². The van der Waals surface area contributed by atoms with Crippen molar-refractivity contribution in [2.45, 2.75) is 51.7 Å². The SMILES string of the molecule is C=C(C)[C@@H]1CCC2=C(C1)[C@@H](C)[C@H](O)[C@@H](O)C2. The van der Waals surface area contributed by atoms with E-state index >= 15 is 0 Å². The fourth-order valence-electron chi connectivity index (χ4n) is 3.10. The predicted molar refractivity (Wildman–Crippen MR) is 65.0 cm³/mol. The van der Waals surface area contributed by atoms with Crippen LogP contribution in [0, 0.1) is 11.8 Å². The summed E-state index contributed by atoms with van der Waals surface area (Å²) in [5.41, 5.74) is 4.03. The smallest absolute Gasteiger partial charge is 0.0864 e. The van der Waals surface area contributed by atoms with E-state index in [0.717, 1.165) is 19.3 Å². The summed E-state index contributed by atoms with van der Waals surface area (Å²) < 4.78 is 0. The van der Waals surface area contributed by atoms with Gasteiger partial charge in [0.05, 0.1) is 12.2 Å². The Balaban J connectivity index is 2.22. The molecule has 0 bridgehead atoms. The third-order valence-electron chi connectivity index (χ3n) is 4.32. The number of hydrogen-bond acceptors (Lipinski definition) is 2. The molecular formula is C14H22O2. The number of aliphatic hydroxyl groups excluding tert-OH is 2. The maximum absolute atomic E-state index is 9.90. The molecular weight excluding hydrogens is 200 g/mol. The topological polar surface area (TPSA) is 40.5 Å². The van der Waals surface area contributed by atoms with Gasteiger partial charge < -0.3 is 10.2 Å². The molecule has 0 spiro atoms. The van der Waals surface area contributed by atoms with Crippen molar-refractivity contribution in [2.75, 3.05) is 0 Å². The van der Waals surface area contributed by atoms with Gasteiger partial charge in [0.1, 0.15) is 0 Å². The summed E-state index contributed by atoms with van der Waals surface area (Å²) in [4.78, 5) is 0. The summed E-state index contributed by atoms with van der Waals surface area (Å²) >= 11 is 0. The summed E-state index contributed by atoms with van der Waals surface area (Å²) in [6.45, 7) is 8.16. The van der Waals surface area contributed by atoms with E-state index in [1.807, 2.05) is 6.92 Å². The lowest BCUT2D eigenvalue weighted by Gasteiger charge is -2.39. The normalized spacial score (nSPS) is 39.5. The highest BCUT2D eigenvalue weighted by Gasteiger charge is 2.36. The van der Waals surface area contributed by atoms with Crippen molar-refractivity contribution >= 4 is 0 Å². The summed E-state index contributed by atoms with van der Waals surface area (Å²) in [7, 11) is 0. The van der Waals surface area contributed by atoms with Crippen molar-refractivity contribution in [3.63, 3.8) is 0 Å². The molecule has 4 atom stereocenters. The molecule has 2 nitrogen and oxygen atoms in total. The Bertz CT molecular complexity index is 330. The molecule has 0 saturated heterocycles. The number of allylic oxidation sites excluding steroid dienone is 1. The lowest BCUT2D eigenvalue weighted by atomic mass is 9.70. The van der Waals surface area contributed by atoms with Gasteiger partial charge in [0.2, 0.25) is 0 Å². The lowest BCUT2D eigenvalue weighted by Crippen LogP contribution is -2.39. The zero-order valence-corrected chi connectivity index (χ0v) is 10.2. The van der Waals surface area contributed by atoms with Crippen molar-refractivity contribution in [1.29, 1.82) is 0 Å². The molecule has 0 aromatic rings. The van der Waals surface area contributed by atoms with E-state index in [0.29, 0.717) is 12.3 Å². The van der Waals surface area contributed by atoms with Crippen molar-refractivity contribution in [3.8, 4) is 0 Å². The standard InChI is InChI=1S/C14H22O2/c1-8(2)10-4-5-11-7-13(15)14(16)9(3)12(11)6-10/h9-10,13-16H,1,4-7H2,2-3H3/t9-,10-,13+,14+/m1/s1. The fraction of sp³-hybridized carbons (Fsp3) is 0.714. The first kappa shape index (κ1) is 11.9. The summed E-state index contributed by atoms with van der Waals surface area (Å²) in [5.74, 6) is 0.685. The predicted octanol–water partition coefficient (Wildman–Crippen LogP) is 2.42. The van der Waals surface area contributed by atoms with Crippen LogP contribution >= 0.6 is 0 Å². The maximum Gasteiger partial charge on any atom is 0.0864 e. The molecule has 0 aromatic carbocycles. The van der Waals surface area contributed by atoms with Crippen LogP contribution in [0.5, 0.6) is 0 Å². The quantitative estimate of drug-likeness (QED) is 0.669. The number of aliphatic hydroxyl groups is 2. The van der Waals surface area contributed by atoms with Crippen molar-refractivity contribution in [3.05, 3.63) is 23.3 Å². The Hall–Kier alpha value is -0.600. The largest absolute Gasteiger partial charge is 0.390 e. The van der Waals surface area contributed by atoms with Crippen LogP contribution in [0.4, 0.5) is 0 Å². The van der Waals surface area contributed by atoms with E-state index in [1.54, 1.807) is 0 Å². The van der Waals surface area contributed by atoms with Gasteiger partial charge in [-0.25, -0.2) is 0 Å². The van der Waals surface area contributed by atoms with E-state index in [9.17, 15) is 10.2 Å². The molecule has 2 heteroatoms. The first-order valence-corrected chi connectivity index (χ1v) is 6.23. The van der Waals surface area contributed by atoms with Crippen molar-refractivity contribution < 1.29 is 10.2 Å². The zero-order chi connectivity index (χ0) is 11.9. The highest BCUT2D eigenvalue weighted by molar-refractivity contribution is 5.27. The Kier molecular flexibility index (Phi) is 3.22. The molecule has 0 saturated carbocycles. The maximum atomic E-state index is 9.90. The molecule has 2 N–H and O–H groups in total. The van der Waals surface area contributed by atoms with Crippen LogP contribution in [-0.2, 0) is 0 Å². The molecule has 2 rings (SSSR count). The van der Waals surface area contributed by atoms with Gasteiger partial charge in [0.15, 0.2) is 0 Å². The molecule has 2 aliphatic carbocycles. The Labute approximate surface area is 97.7 Å². The summed E-state index contributed by atoms with van der Waals surface area (Å²) in [6, 6.07) is 0. The monoisotopic (exact) mass is 222 g/mol. The first-order valence-electron chi connectivity index (χ1n) is 6.23. The second-order valence-electron chi connectivity index (χ2n) is 5.47. The van der Waals surface area contributed by atoms with E-state index in [2.05, 4.69) is 13.5 Å². The number of rotatable bonds is 1. The van der Waals surface area contributed by atoms with Crippen LogP contribution in [0.25, 0.3) is 0 Å². The highest BCUT2D eigenvalue weighted by Crippen LogP contribution is 2.42. The van der Waals surface area contributed by atoms with E-state index in [4.69, 9.17) is 0 Å². The molecule has 0 radical (unpaired) electrons. The molecule has 0 amide bonds. The van der Waals surface area contributed by atoms with E-state index < -0.39 is 12.2 Å². The van der Waals surface area contributed by atoms with Gasteiger partial charge in [0, 0.05) is 5.92 Å². The molecule has 0 fully saturated rings. The Morgan fingerprint density at radius 3 is 2.62 bits per heavy atom. The van der Waals surface area contributed by atoms with Crippen LogP contribution in [0.15, 0.2) is 23.3 Å². The van der Waals surface area contributed by atoms with Crippen LogP contribution in [0.1, 0.15) is 39.5 Å². The van der Waals surface area contributed by atoms with Crippen molar-refractivity contribution in [2.24, 2.45) is 11.8 Å². The molecule has 0 heterocycles. The van der Waals surface area contributed by atoms with Gasteiger partial charge in [-0.15, -0.1) is 0 Å². The van der Waals surface area contributed by atoms with Crippen LogP contribution in [-0.4, -0.2) is 22.4 Å². The van der Waals surface area contributed by atoms with Gasteiger partial charge in [-0.2, -0.15) is 0 Å². The fourth-order valence-corrected chi connectivity index (χ4v) is 3.10. The van der Waals surface area contributed by atoms with Crippen molar-refractivity contribution in [1.82, 2.24) is 0 Å². The Morgan fingerprint density at radius 2 is 2.00 bits per heavy atom. The van der Waals surface area contributed by atoms with Gasteiger partial charge >= 0.3 is 0 Å². The van der Waals surface area contributed by atoms with Crippen LogP contribution in [0.3, 0.4) is 0 Å². The molecule has 90 valence electrons. The zero-order valence-electron chi connectivity index (χ0n) is 10.2. The van der Waals surface area contributed by atoms with Crippen LogP contribution in [0.2, 0.25) is 0 Å². The lowest BCUT2D eigenvalue weighted by molar-refractivity contribution is -0.0142. The highest BCUT2D eigenvalue weighted by atomic mass is 16.3. The average Bonchev–Trinajstić information content (AvgIpc) is 2.25. The Morgan fingerprint density at radius 1 is 1.31 bits per heavy atom. The second kappa shape index (κ2) is 4.34. The minimum Gasteiger partial charge on any atom is -0.390 e. The van der Waals surface area contributed by atoms with E-state index in [1.165, 1.54) is 16.7 Å². The van der Waals surface area contributed by atoms with E-state index in [-0.39, 0.29) is 5.92 Å². The third kappa shape index (κ3) is 1.96. The molecule has 0 aromatic heterocycles. The summed E-state index contributed by atoms with van der Waals surface area (Å²) in [6.07, 6.45) is 2.79. The average molecular weight is 222 g/mol. The van der Waals surface area contributed by atoms with Crippen LogP contribution < -0.4 is 0 Å². The molecule has 0 unspecified atom stereocenters. The molecule has 2 aliphatic rings. The minimum atomic E-state index is -0.581. The first-order chi connectivity index (χ1) is 7.50. The molecule has 0 aliphatic heterocycles. The summed E-state index contributed by atoms with van der Waals surface area (Å²) in [5, 5.41) is 19.7. The third-order valence-corrected chi connectivity index (χ3v) is 4.32. The molecule has 16 heavy (non-hydrogen) atoms. The number of hydrogen-bond donors (Lipinski definition) is 2. The van der Waals surface area contributed by atoms with Gasteiger partial charge in [-0.3, -0.25) is 0 Å².